The van der Waals surface area contributed by atoms with Crippen LogP contribution in [0.2, 0.25) is 0 Å². The molecule has 2 heterocycles. The van der Waals surface area contributed by atoms with E-state index in [9.17, 15) is 14.4 Å². The lowest BCUT2D eigenvalue weighted by Crippen LogP contribution is -2.49. The highest BCUT2D eigenvalue weighted by molar-refractivity contribution is 6.08. The van der Waals surface area contributed by atoms with Crippen molar-refractivity contribution in [3.63, 3.8) is 0 Å². The van der Waals surface area contributed by atoms with Gasteiger partial charge in [-0.1, -0.05) is 25.3 Å². The van der Waals surface area contributed by atoms with E-state index >= 15 is 0 Å². The summed E-state index contributed by atoms with van der Waals surface area (Å²) in [6.45, 7) is 1.22. The van der Waals surface area contributed by atoms with Gasteiger partial charge in [0, 0.05) is 20.2 Å². The predicted octanol–water partition coefficient (Wildman–Crippen LogP) is 2.47. The number of nitrogens with one attached hydrogen (secondary N) is 1. The van der Waals surface area contributed by atoms with E-state index in [4.69, 9.17) is 14.2 Å². The maximum atomic E-state index is 13.0. The number of imide groups is 1. The fraction of sp³-hybridized carbons (Fsp3) is 0.625. The molecule has 1 aromatic carbocycles. The van der Waals surface area contributed by atoms with E-state index in [0.29, 0.717) is 30.9 Å². The number of likely N-dealkylation sites (N-methyl/N-ethyl adjacent to an activating group) is 1. The van der Waals surface area contributed by atoms with Gasteiger partial charge in [-0.2, -0.15) is 0 Å². The molecule has 9 nitrogen and oxygen atoms in total. The summed E-state index contributed by atoms with van der Waals surface area (Å²) in [5.74, 6) is 0.567. The summed E-state index contributed by atoms with van der Waals surface area (Å²) in [6.07, 6.45) is 6.37. The highest BCUT2D eigenvalue weighted by Gasteiger charge is 2.55. The van der Waals surface area contributed by atoms with Crippen LogP contribution in [0.3, 0.4) is 0 Å². The van der Waals surface area contributed by atoms with E-state index < -0.39 is 11.6 Å². The van der Waals surface area contributed by atoms with E-state index in [1.807, 2.05) is 18.2 Å². The van der Waals surface area contributed by atoms with Crippen LogP contribution in [0.1, 0.15) is 50.5 Å². The van der Waals surface area contributed by atoms with Gasteiger partial charge in [-0.25, -0.2) is 4.79 Å². The van der Waals surface area contributed by atoms with Gasteiger partial charge in [0.2, 0.25) is 5.91 Å². The van der Waals surface area contributed by atoms with Crippen LogP contribution in [0.15, 0.2) is 18.2 Å². The van der Waals surface area contributed by atoms with Crippen LogP contribution in [0.5, 0.6) is 11.5 Å². The number of methoxy groups -OCH3 is 1. The number of amides is 4. The van der Waals surface area contributed by atoms with Crippen molar-refractivity contribution >= 4 is 17.8 Å². The zero-order valence-electron chi connectivity index (χ0n) is 19.4. The number of carbonyl (C=O) groups is 3. The summed E-state index contributed by atoms with van der Waals surface area (Å²) in [5, 5.41) is 2.80. The zero-order chi connectivity index (χ0) is 23.4. The summed E-state index contributed by atoms with van der Waals surface area (Å²) < 4.78 is 16.9. The standard InChI is InChI=1S/C24H33N3O6/c1-26-23(30)27(22(29)24(26)10-4-3-5-11-24)15-21(28)25-14-17-8-9-19(20(13-17)31-2)33-16-18-7-6-12-32-18/h8-9,13,18H,3-7,10-12,14-16H2,1-2H3,(H,25,28). The molecule has 1 atom stereocenters. The Labute approximate surface area is 194 Å². The number of hydrogen-bond acceptors (Lipinski definition) is 6. The number of rotatable bonds is 8. The maximum Gasteiger partial charge on any atom is 0.327 e. The minimum atomic E-state index is -0.775. The van der Waals surface area contributed by atoms with Crippen molar-refractivity contribution in [2.75, 3.05) is 33.9 Å². The molecule has 1 aromatic rings. The molecule has 2 saturated heterocycles. The Morgan fingerprint density at radius 3 is 2.67 bits per heavy atom. The first-order chi connectivity index (χ1) is 15.9. The summed E-state index contributed by atoms with van der Waals surface area (Å²) in [6, 6.07) is 5.07. The van der Waals surface area contributed by atoms with Crippen LogP contribution in [0.25, 0.3) is 0 Å². The lowest BCUT2D eigenvalue weighted by atomic mass is 9.81. The lowest BCUT2D eigenvalue weighted by Gasteiger charge is -2.35. The maximum absolute atomic E-state index is 13.0. The minimum absolute atomic E-state index is 0.108. The average Bonchev–Trinajstić information content (AvgIpc) is 3.42. The van der Waals surface area contributed by atoms with E-state index in [2.05, 4.69) is 5.32 Å². The van der Waals surface area contributed by atoms with E-state index in [0.717, 1.165) is 49.2 Å². The summed E-state index contributed by atoms with van der Waals surface area (Å²) in [4.78, 5) is 40.9. The Hall–Kier alpha value is -2.81. The zero-order valence-corrected chi connectivity index (χ0v) is 19.4. The van der Waals surface area contributed by atoms with E-state index in [-0.39, 0.29) is 31.0 Å². The highest BCUT2D eigenvalue weighted by Crippen LogP contribution is 2.39. The van der Waals surface area contributed by atoms with Gasteiger partial charge in [-0.15, -0.1) is 0 Å². The van der Waals surface area contributed by atoms with Crippen LogP contribution >= 0.6 is 0 Å². The third kappa shape index (κ3) is 4.78. The Bertz CT molecular complexity index is 892. The number of hydrogen-bond donors (Lipinski definition) is 1. The van der Waals surface area contributed by atoms with Gasteiger partial charge in [-0.05, 0) is 43.4 Å². The molecule has 0 radical (unpaired) electrons. The van der Waals surface area contributed by atoms with Gasteiger partial charge >= 0.3 is 6.03 Å². The van der Waals surface area contributed by atoms with Crippen LogP contribution < -0.4 is 14.8 Å². The Kier molecular flexibility index (Phi) is 7.07. The fourth-order valence-electron chi connectivity index (χ4n) is 4.97. The third-order valence-corrected chi connectivity index (χ3v) is 6.95. The molecule has 1 spiro atoms. The normalized spacial score (nSPS) is 22.2. The van der Waals surface area contributed by atoms with Crippen molar-refractivity contribution in [2.24, 2.45) is 0 Å². The average molecular weight is 460 g/mol. The van der Waals surface area contributed by atoms with Crippen molar-refractivity contribution in [1.29, 1.82) is 0 Å². The predicted molar refractivity (Wildman–Crippen MR) is 120 cm³/mol. The molecule has 1 N–H and O–H groups in total. The molecule has 33 heavy (non-hydrogen) atoms. The molecule has 1 aliphatic carbocycles. The number of urea groups is 1. The fourth-order valence-corrected chi connectivity index (χ4v) is 4.97. The summed E-state index contributed by atoms with van der Waals surface area (Å²) in [7, 11) is 3.23. The first-order valence-electron chi connectivity index (χ1n) is 11.7. The van der Waals surface area contributed by atoms with Crippen molar-refractivity contribution in [1.82, 2.24) is 15.1 Å². The van der Waals surface area contributed by atoms with Crippen LogP contribution in [-0.2, 0) is 20.9 Å². The molecule has 1 unspecified atom stereocenters. The lowest BCUT2D eigenvalue weighted by molar-refractivity contribution is -0.137. The Morgan fingerprint density at radius 2 is 1.97 bits per heavy atom. The van der Waals surface area contributed by atoms with Crippen molar-refractivity contribution < 1.29 is 28.6 Å². The molecule has 4 amide bonds. The van der Waals surface area contributed by atoms with Gasteiger partial charge in [0.15, 0.2) is 11.5 Å². The monoisotopic (exact) mass is 459 g/mol. The smallest absolute Gasteiger partial charge is 0.327 e. The highest BCUT2D eigenvalue weighted by atomic mass is 16.5. The second-order valence-electron chi connectivity index (χ2n) is 9.03. The molecule has 4 rings (SSSR count). The largest absolute Gasteiger partial charge is 0.493 e. The molecule has 3 aliphatic rings. The number of benzene rings is 1. The van der Waals surface area contributed by atoms with Crippen molar-refractivity contribution in [3.8, 4) is 11.5 Å². The van der Waals surface area contributed by atoms with Crippen LogP contribution in [0.4, 0.5) is 4.79 Å². The first-order valence-corrected chi connectivity index (χ1v) is 11.7. The summed E-state index contributed by atoms with van der Waals surface area (Å²) >= 11 is 0. The van der Waals surface area contributed by atoms with E-state index in [1.54, 1.807) is 14.2 Å². The number of ether oxygens (including phenoxy) is 3. The molecular weight excluding hydrogens is 426 g/mol. The van der Waals surface area contributed by atoms with Crippen molar-refractivity contribution in [3.05, 3.63) is 23.8 Å². The molecule has 0 bridgehead atoms. The van der Waals surface area contributed by atoms with Gasteiger partial charge in [0.25, 0.3) is 5.91 Å². The number of nitrogens with zero attached hydrogens (tertiary/aromatic N) is 2. The topological polar surface area (TPSA) is 97.4 Å². The SMILES string of the molecule is COc1cc(CNC(=O)CN2C(=O)N(C)C3(CCCCC3)C2=O)ccc1OCC1CCCO1. The molecular formula is C24H33N3O6. The van der Waals surface area contributed by atoms with Gasteiger partial charge in [0.05, 0.1) is 13.2 Å². The van der Waals surface area contributed by atoms with Crippen molar-refractivity contribution in [2.45, 2.75) is 63.1 Å². The van der Waals surface area contributed by atoms with Crippen LogP contribution in [-0.4, -0.2) is 73.2 Å². The quantitative estimate of drug-likeness (QED) is 0.600. The number of carbonyl (C=O) groups excluding carboxylic acids is 3. The van der Waals surface area contributed by atoms with Gasteiger partial charge < -0.3 is 24.4 Å². The molecule has 3 fully saturated rings. The van der Waals surface area contributed by atoms with E-state index in [1.165, 1.54) is 4.90 Å². The third-order valence-electron chi connectivity index (χ3n) is 6.95. The van der Waals surface area contributed by atoms with Gasteiger partial charge in [0.1, 0.15) is 18.7 Å². The Balaban J connectivity index is 1.32. The molecule has 180 valence electrons. The molecule has 9 heteroatoms. The molecule has 2 aliphatic heterocycles. The second-order valence-corrected chi connectivity index (χ2v) is 9.03. The van der Waals surface area contributed by atoms with Gasteiger partial charge in [-0.3, -0.25) is 14.5 Å². The minimum Gasteiger partial charge on any atom is -0.493 e. The molecule has 1 saturated carbocycles. The first kappa shape index (κ1) is 23.4. The second kappa shape index (κ2) is 9.99. The Morgan fingerprint density at radius 1 is 1.18 bits per heavy atom. The van der Waals surface area contributed by atoms with Crippen LogP contribution in [0, 0.1) is 0 Å². The molecule has 0 aromatic heterocycles. The summed E-state index contributed by atoms with van der Waals surface area (Å²) in [5.41, 5.74) is 0.0483.